The standard InChI is InChI=1S/C19H23FN6O/c1-10(2)27-17-5-13-15(6-14(17)20)24-25-19(13)16-7-18(23-9-22-16)26-8-12(21)4-11(26)3/h5-7,9-12H,4,8,21H2,1-3H3,(H,24,25). The van der Waals surface area contributed by atoms with Crippen molar-refractivity contribution >= 4 is 16.7 Å². The van der Waals surface area contributed by atoms with E-state index in [4.69, 9.17) is 10.5 Å². The minimum Gasteiger partial charge on any atom is -0.488 e. The molecule has 2 atom stereocenters. The van der Waals surface area contributed by atoms with Gasteiger partial charge in [-0.1, -0.05) is 0 Å². The normalized spacial score (nSPS) is 20.0. The number of anilines is 1. The van der Waals surface area contributed by atoms with Crippen LogP contribution in [0.15, 0.2) is 24.5 Å². The maximum atomic E-state index is 14.2. The third-order valence-electron chi connectivity index (χ3n) is 4.77. The summed E-state index contributed by atoms with van der Waals surface area (Å²) in [6, 6.07) is 5.42. The van der Waals surface area contributed by atoms with E-state index in [9.17, 15) is 4.39 Å². The number of aromatic nitrogens is 4. The summed E-state index contributed by atoms with van der Waals surface area (Å²) in [5.41, 5.74) is 7.98. The van der Waals surface area contributed by atoms with E-state index in [0.717, 1.165) is 24.2 Å². The van der Waals surface area contributed by atoms with Gasteiger partial charge in [0.15, 0.2) is 11.6 Å². The number of H-pyrrole nitrogens is 1. The van der Waals surface area contributed by atoms with Gasteiger partial charge in [-0.25, -0.2) is 14.4 Å². The topological polar surface area (TPSA) is 93.0 Å². The first-order valence-electron chi connectivity index (χ1n) is 9.11. The highest BCUT2D eigenvalue weighted by molar-refractivity contribution is 5.93. The lowest BCUT2D eigenvalue weighted by Gasteiger charge is -2.22. The molecule has 3 heterocycles. The zero-order valence-electron chi connectivity index (χ0n) is 15.6. The van der Waals surface area contributed by atoms with Crippen molar-refractivity contribution in [3.05, 3.63) is 30.3 Å². The molecule has 1 aliphatic rings. The van der Waals surface area contributed by atoms with Crippen molar-refractivity contribution in [2.24, 2.45) is 5.73 Å². The highest BCUT2D eigenvalue weighted by Gasteiger charge is 2.28. The molecule has 0 saturated carbocycles. The van der Waals surface area contributed by atoms with Crippen LogP contribution in [-0.4, -0.2) is 44.9 Å². The summed E-state index contributed by atoms with van der Waals surface area (Å²) in [5, 5.41) is 7.97. The summed E-state index contributed by atoms with van der Waals surface area (Å²) in [5.74, 6) is 0.598. The molecule has 142 valence electrons. The van der Waals surface area contributed by atoms with Gasteiger partial charge in [-0.3, -0.25) is 5.10 Å². The molecule has 1 fully saturated rings. The van der Waals surface area contributed by atoms with Gasteiger partial charge in [0, 0.05) is 36.1 Å². The number of nitrogens with one attached hydrogen (secondary N) is 1. The zero-order valence-corrected chi connectivity index (χ0v) is 15.6. The van der Waals surface area contributed by atoms with Crippen LogP contribution in [0.1, 0.15) is 27.2 Å². The van der Waals surface area contributed by atoms with Crippen molar-refractivity contribution in [3.63, 3.8) is 0 Å². The van der Waals surface area contributed by atoms with Crippen LogP contribution in [-0.2, 0) is 0 Å². The summed E-state index contributed by atoms with van der Waals surface area (Å²) in [6.07, 6.45) is 2.33. The lowest BCUT2D eigenvalue weighted by atomic mass is 10.1. The van der Waals surface area contributed by atoms with Gasteiger partial charge >= 0.3 is 0 Å². The predicted molar refractivity (Wildman–Crippen MR) is 102 cm³/mol. The number of aromatic amines is 1. The molecule has 7 nitrogen and oxygen atoms in total. The quantitative estimate of drug-likeness (QED) is 0.734. The molecule has 1 aliphatic heterocycles. The van der Waals surface area contributed by atoms with Crippen LogP contribution in [0.4, 0.5) is 10.2 Å². The second-order valence-corrected chi connectivity index (χ2v) is 7.33. The van der Waals surface area contributed by atoms with E-state index in [0.29, 0.717) is 22.9 Å². The lowest BCUT2D eigenvalue weighted by Crippen LogP contribution is -2.29. The average molecular weight is 370 g/mol. The summed E-state index contributed by atoms with van der Waals surface area (Å²) < 4.78 is 19.8. The maximum absolute atomic E-state index is 14.2. The van der Waals surface area contributed by atoms with Gasteiger partial charge in [0.05, 0.1) is 17.3 Å². The molecule has 0 amide bonds. The molecule has 8 heteroatoms. The Morgan fingerprint density at radius 1 is 1.30 bits per heavy atom. The minimum absolute atomic E-state index is 0.126. The van der Waals surface area contributed by atoms with Crippen LogP contribution in [0.2, 0.25) is 0 Å². The van der Waals surface area contributed by atoms with Crippen molar-refractivity contribution in [3.8, 4) is 17.1 Å². The number of hydrogen-bond donors (Lipinski definition) is 2. The molecule has 27 heavy (non-hydrogen) atoms. The molecule has 1 aromatic carbocycles. The Balaban J connectivity index is 1.75. The Hall–Kier alpha value is -2.74. The monoisotopic (exact) mass is 370 g/mol. The molecule has 0 radical (unpaired) electrons. The Morgan fingerprint density at radius 3 is 2.81 bits per heavy atom. The fraction of sp³-hybridized carbons (Fsp3) is 0.421. The number of nitrogens with zero attached hydrogens (tertiary/aromatic N) is 4. The van der Waals surface area contributed by atoms with Gasteiger partial charge in [-0.2, -0.15) is 5.10 Å². The molecule has 1 saturated heterocycles. The number of fused-ring (bicyclic) bond motifs is 1. The maximum Gasteiger partial charge on any atom is 0.167 e. The van der Waals surface area contributed by atoms with Crippen LogP contribution in [0.3, 0.4) is 0 Å². The smallest absolute Gasteiger partial charge is 0.167 e. The molecule has 3 aromatic rings. The van der Waals surface area contributed by atoms with Crippen LogP contribution in [0, 0.1) is 5.82 Å². The second-order valence-electron chi connectivity index (χ2n) is 7.33. The predicted octanol–water partition coefficient (Wildman–Crippen LogP) is 2.87. The van der Waals surface area contributed by atoms with E-state index in [1.165, 1.54) is 12.4 Å². The highest BCUT2D eigenvalue weighted by atomic mass is 19.1. The third-order valence-corrected chi connectivity index (χ3v) is 4.77. The lowest BCUT2D eigenvalue weighted by molar-refractivity contribution is 0.231. The van der Waals surface area contributed by atoms with Crippen LogP contribution in [0.5, 0.6) is 5.75 Å². The van der Waals surface area contributed by atoms with E-state index in [1.807, 2.05) is 19.9 Å². The fourth-order valence-corrected chi connectivity index (χ4v) is 3.58. The van der Waals surface area contributed by atoms with Crippen molar-refractivity contribution in [2.45, 2.75) is 45.4 Å². The molecular formula is C19H23FN6O. The molecule has 0 spiro atoms. The van der Waals surface area contributed by atoms with E-state index >= 15 is 0 Å². The summed E-state index contributed by atoms with van der Waals surface area (Å²) >= 11 is 0. The van der Waals surface area contributed by atoms with Crippen molar-refractivity contribution in [1.82, 2.24) is 20.2 Å². The number of ether oxygens (including phenoxy) is 1. The van der Waals surface area contributed by atoms with Crippen LogP contribution >= 0.6 is 0 Å². The minimum atomic E-state index is -0.422. The summed E-state index contributed by atoms with van der Waals surface area (Å²) in [7, 11) is 0. The Labute approximate surface area is 156 Å². The largest absolute Gasteiger partial charge is 0.488 e. The van der Waals surface area contributed by atoms with Gasteiger partial charge < -0.3 is 15.4 Å². The molecular weight excluding hydrogens is 347 g/mol. The van der Waals surface area contributed by atoms with Gasteiger partial charge in [0.25, 0.3) is 0 Å². The Bertz CT molecular complexity index is 972. The van der Waals surface area contributed by atoms with E-state index in [1.54, 1.807) is 6.07 Å². The zero-order chi connectivity index (χ0) is 19.1. The van der Waals surface area contributed by atoms with Gasteiger partial charge in [0.2, 0.25) is 0 Å². The summed E-state index contributed by atoms with van der Waals surface area (Å²) in [4.78, 5) is 11.0. The fourth-order valence-electron chi connectivity index (χ4n) is 3.58. The van der Waals surface area contributed by atoms with E-state index in [-0.39, 0.29) is 17.9 Å². The first-order valence-corrected chi connectivity index (χ1v) is 9.11. The first-order chi connectivity index (χ1) is 12.9. The Morgan fingerprint density at radius 2 is 2.11 bits per heavy atom. The second kappa shape index (κ2) is 6.77. The number of benzene rings is 1. The number of halogens is 1. The molecule has 3 N–H and O–H groups in total. The number of hydrogen-bond acceptors (Lipinski definition) is 6. The molecule has 2 unspecified atom stereocenters. The number of rotatable bonds is 4. The van der Waals surface area contributed by atoms with Gasteiger partial charge in [-0.05, 0) is 33.3 Å². The van der Waals surface area contributed by atoms with Gasteiger partial charge in [-0.15, -0.1) is 0 Å². The number of nitrogens with two attached hydrogens (primary N) is 1. The third kappa shape index (κ3) is 3.32. The van der Waals surface area contributed by atoms with E-state index in [2.05, 4.69) is 32.0 Å². The molecule has 0 bridgehead atoms. The molecule has 0 aliphatic carbocycles. The van der Waals surface area contributed by atoms with Crippen LogP contribution < -0.4 is 15.4 Å². The van der Waals surface area contributed by atoms with Crippen molar-refractivity contribution in [1.29, 1.82) is 0 Å². The Kier molecular flexibility index (Phi) is 4.43. The van der Waals surface area contributed by atoms with Crippen molar-refractivity contribution < 1.29 is 9.13 Å². The van der Waals surface area contributed by atoms with Crippen LogP contribution in [0.25, 0.3) is 22.3 Å². The molecule has 2 aromatic heterocycles. The highest BCUT2D eigenvalue weighted by Crippen LogP contribution is 2.32. The van der Waals surface area contributed by atoms with E-state index < -0.39 is 5.82 Å². The summed E-state index contributed by atoms with van der Waals surface area (Å²) in [6.45, 7) is 6.62. The van der Waals surface area contributed by atoms with Gasteiger partial charge in [0.1, 0.15) is 17.8 Å². The van der Waals surface area contributed by atoms with Crippen molar-refractivity contribution in [2.75, 3.05) is 11.4 Å². The average Bonchev–Trinajstić information content (AvgIpc) is 3.17. The SMILES string of the molecule is CC(C)Oc1cc2c(-c3cc(N4CC(N)CC4C)ncn3)n[nH]c2cc1F. The first kappa shape index (κ1) is 17.7. The molecule has 4 rings (SSSR count).